The van der Waals surface area contributed by atoms with E-state index in [1.807, 2.05) is 31.9 Å². The van der Waals surface area contributed by atoms with E-state index in [0.717, 1.165) is 18.2 Å². The molecule has 2 aliphatic rings. The van der Waals surface area contributed by atoms with E-state index in [1.54, 1.807) is 12.0 Å². The summed E-state index contributed by atoms with van der Waals surface area (Å²) >= 11 is 0.687. The van der Waals surface area contributed by atoms with Gasteiger partial charge >= 0.3 is 12.2 Å². The summed E-state index contributed by atoms with van der Waals surface area (Å²) in [5.41, 5.74) is 2.56. The van der Waals surface area contributed by atoms with E-state index in [1.165, 1.54) is 6.08 Å². The number of methoxy groups -OCH3 is 1. The van der Waals surface area contributed by atoms with Crippen LogP contribution in [0.15, 0.2) is 30.9 Å². The number of thiophene rings is 1. The predicted molar refractivity (Wildman–Crippen MR) is 184 cm³/mol. The van der Waals surface area contributed by atoms with Gasteiger partial charge in [-0.3, -0.25) is 9.69 Å². The van der Waals surface area contributed by atoms with E-state index in [-0.39, 0.29) is 80.0 Å². The number of nitrogens with one attached hydrogen (secondary N) is 1. The van der Waals surface area contributed by atoms with Gasteiger partial charge in [0.2, 0.25) is 5.91 Å². The molecule has 2 fully saturated rings. The van der Waals surface area contributed by atoms with E-state index >= 15 is 4.39 Å². The Morgan fingerprint density at radius 1 is 1.31 bits per heavy atom. The Hall–Kier alpha value is -4.59. The molecule has 0 saturated carbocycles. The van der Waals surface area contributed by atoms with Crippen LogP contribution in [0.4, 0.5) is 32.8 Å². The summed E-state index contributed by atoms with van der Waals surface area (Å²) in [5.74, 6) is -2.66. The molecule has 0 bridgehead atoms. The van der Waals surface area contributed by atoms with Crippen LogP contribution in [0, 0.1) is 28.9 Å². The minimum Gasteiger partial charge on any atom is -0.462 e. The summed E-state index contributed by atoms with van der Waals surface area (Å²) in [6.45, 7) is 8.44. The van der Waals surface area contributed by atoms with Crippen molar-refractivity contribution < 1.29 is 36.2 Å². The summed E-state index contributed by atoms with van der Waals surface area (Å²) in [5, 5.41) is 12.4. The van der Waals surface area contributed by atoms with Gasteiger partial charge in [0.15, 0.2) is 5.82 Å². The second kappa shape index (κ2) is 13.9. The van der Waals surface area contributed by atoms with Crippen molar-refractivity contribution in [3.8, 4) is 23.2 Å². The normalized spacial score (nSPS) is 21.7. The third-order valence-corrected chi connectivity index (χ3v) is 11.1. The monoisotopic (exact) mass is 729 g/mol. The molecule has 3 N–H and O–H groups in total. The topological polar surface area (TPSA) is 130 Å². The van der Waals surface area contributed by atoms with Crippen molar-refractivity contribution in [1.29, 1.82) is 5.26 Å². The fraction of sp³-hybridized carbons (Fsp3) is 0.429. The number of nitrogens with zero attached hydrogens (tertiary/aromatic N) is 5. The number of carbonyl (C=O) groups is 1. The van der Waals surface area contributed by atoms with Gasteiger partial charge in [-0.05, 0) is 57.5 Å². The Morgan fingerprint density at radius 2 is 2.06 bits per heavy atom. The van der Waals surface area contributed by atoms with Gasteiger partial charge in [-0.15, -0.1) is 11.3 Å². The SMILES string of the molecule is C=CC(=O)N1CC[C@H]([C@H](C)Nc2nc(OC[C@@H]3C[C@@H](OC)CN3C)nc3c(F)c(-c4ccc(F)c5sc(N)c(C#N)c45)c(C(F)(F)F)cc23)[C@H]1C. The number of likely N-dealkylation sites (tertiary alicyclic amines) is 2. The van der Waals surface area contributed by atoms with Gasteiger partial charge in [-0.1, -0.05) is 12.6 Å². The van der Waals surface area contributed by atoms with Crippen LogP contribution < -0.4 is 15.8 Å². The lowest BCUT2D eigenvalue weighted by Gasteiger charge is -2.29. The van der Waals surface area contributed by atoms with Gasteiger partial charge in [0.05, 0.1) is 21.9 Å². The molecule has 0 unspecified atom stereocenters. The molecular formula is C35H36F5N7O3S. The predicted octanol–water partition coefficient (Wildman–Crippen LogP) is 6.58. The van der Waals surface area contributed by atoms with Crippen LogP contribution in [0.2, 0.25) is 0 Å². The van der Waals surface area contributed by atoms with Crippen LogP contribution in [0.1, 0.15) is 37.8 Å². The highest BCUT2D eigenvalue weighted by Crippen LogP contribution is 2.48. The summed E-state index contributed by atoms with van der Waals surface area (Å²) < 4.78 is 88.0. The molecule has 10 nitrogen and oxygen atoms in total. The number of nitriles is 1. The van der Waals surface area contributed by atoms with Gasteiger partial charge in [-0.25, -0.2) is 8.78 Å². The largest absolute Gasteiger partial charge is 0.462 e. The van der Waals surface area contributed by atoms with Crippen molar-refractivity contribution >= 4 is 49.1 Å². The molecule has 0 radical (unpaired) electrons. The molecule has 0 spiro atoms. The highest BCUT2D eigenvalue weighted by atomic mass is 32.1. The number of anilines is 2. The molecule has 2 aromatic heterocycles. The van der Waals surface area contributed by atoms with E-state index in [2.05, 4.69) is 21.9 Å². The number of ether oxygens (including phenoxy) is 2. The lowest BCUT2D eigenvalue weighted by Crippen LogP contribution is -2.39. The number of nitrogen functional groups attached to an aromatic ring is 1. The lowest BCUT2D eigenvalue weighted by molar-refractivity contribution is -0.137. The van der Waals surface area contributed by atoms with Crippen LogP contribution in [0.5, 0.6) is 6.01 Å². The molecule has 4 heterocycles. The van der Waals surface area contributed by atoms with E-state index in [4.69, 9.17) is 15.2 Å². The van der Waals surface area contributed by atoms with Crippen LogP contribution in [0.25, 0.3) is 32.1 Å². The van der Waals surface area contributed by atoms with Gasteiger partial charge in [-0.2, -0.15) is 28.4 Å². The zero-order valence-electron chi connectivity index (χ0n) is 28.3. The van der Waals surface area contributed by atoms with Crippen molar-refractivity contribution in [2.75, 3.05) is 44.9 Å². The first kappa shape index (κ1) is 36.2. The first-order chi connectivity index (χ1) is 24.2. The van der Waals surface area contributed by atoms with Gasteiger partial charge in [0.25, 0.3) is 0 Å². The Labute approximate surface area is 294 Å². The van der Waals surface area contributed by atoms with E-state index in [9.17, 15) is 27.6 Å². The maximum Gasteiger partial charge on any atom is 0.417 e. The second-order valence-electron chi connectivity index (χ2n) is 13.0. The number of nitrogens with two attached hydrogens (primary N) is 1. The lowest BCUT2D eigenvalue weighted by atomic mass is 9.92. The molecule has 2 aromatic carbocycles. The summed E-state index contributed by atoms with van der Waals surface area (Å²) in [6.07, 6.45) is -2.67. The number of rotatable bonds is 9. The average Bonchev–Trinajstić information content (AvgIpc) is 3.77. The number of alkyl halides is 3. The number of fused-ring (bicyclic) bond motifs is 2. The standard InChI is InChI=1S/C35H36F5N7O3S/c1-6-26(48)47-10-9-20(17(47)3)16(2)43-33-22-12-24(35(38,39)40)28(21-7-8-25(36)31-27(21)23(13-41)32(42)51-31)29(37)30(22)44-34(45-33)50-15-18-11-19(49-5)14-46(18)4/h6-8,12,16-20H,1,9-11,14-15,42H2,2-5H3,(H,43,44,45)/t16-,17+,18-,19+,20+/m0/s1. The Bertz CT molecular complexity index is 2070. The third kappa shape index (κ3) is 6.54. The van der Waals surface area contributed by atoms with Crippen LogP contribution in [-0.4, -0.2) is 83.8 Å². The second-order valence-corrected chi connectivity index (χ2v) is 14.0. The fourth-order valence-corrected chi connectivity index (χ4v) is 8.27. The molecule has 0 aliphatic carbocycles. The van der Waals surface area contributed by atoms with Crippen molar-refractivity contribution in [3.63, 3.8) is 0 Å². The molecule has 2 saturated heterocycles. The summed E-state index contributed by atoms with van der Waals surface area (Å²) in [4.78, 5) is 24.9. The van der Waals surface area contributed by atoms with Crippen LogP contribution in [0.3, 0.4) is 0 Å². The maximum atomic E-state index is 17.0. The highest BCUT2D eigenvalue weighted by Gasteiger charge is 2.40. The first-order valence-corrected chi connectivity index (χ1v) is 17.1. The quantitative estimate of drug-likeness (QED) is 0.145. The van der Waals surface area contributed by atoms with E-state index in [0.29, 0.717) is 37.3 Å². The Kier molecular flexibility index (Phi) is 9.83. The molecule has 5 atom stereocenters. The summed E-state index contributed by atoms with van der Waals surface area (Å²) in [7, 11) is 3.51. The molecule has 1 amide bonds. The zero-order chi connectivity index (χ0) is 36.9. The molecule has 4 aromatic rings. The third-order valence-electron chi connectivity index (χ3n) is 10.1. The smallest absolute Gasteiger partial charge is 0.417 e. The van der Waals surface area contributed by atoms with Gasteiger partial charge in [0.1, 0.15) is 34.8 Å². The maximum absolute atomic E-state index is 17.0. The average molecular weight is 730 g/mol. The molecule has 51 heavy (non-hydrogen) atoms. The number of aromatic nitrogens is 2. The van der Waals surface area contributed by atoms with Crippen molar-refractivity contribution in [2.45, 2.75) is 57.1 Å². The number of halogens is 5. The Morgan fingerprint density at radius 3 is 2.71 bits per heavy atom. The van der Waals surface area contributed by atoms with Crippen molar-refractivity contribution in [2.24, 2.45) is 5.92 Å². The van der Waals surface area contributed by atoms with Gasteiger partial charge in [0, 0.05) is 60.6 Å². The van der Waals surface area contributed by atoms with Crippen LogP contribution >= 0.6 is 11.3 Å². The number of carbonyl (C=O) groups excluding carboxylic acids is 1. The highest BCUT2D eigenvalue weighted by molar-refractivity contribution is 7.23. The number of hydrogen-bond acceptors (Lipinski definition) is 10. The minimum absolute atomic E-state index is 0.0297. The van der Waals surface area contributed by atoms with Crippen molar-refractivity contribution in [1.82, 2.24) is 19.8 Å². The van der Waals surface area contributed by atoms with Crippen molar-refractivity contribution in [3.05, 3.63) is 53.6 Å². The minimum atomic E-state index is -5.10. The molecule has 270 valence electrons. The van der Waals surface area contributed by atoms with Gasteiger partial charge < -0.3 is 25.4 Å². The Balaban J connectivity index is 1.52. The van der Waals surface area contributed by atoms with Crippen LogP contribution in [-0.2, 0) is 15.7 Å². The number of hydrogen-bond donors (Lipinski definition) is 2. The molecule has 6 rings (SSSR count). The molecule has 2 aliphatic heterocycles. The fourth-order valence-electron chi connectivity index (χ4n) is 7.32. The van der Waals surface area contributed by atoms with E-state index < -0.39 is 40.5 Å². The number of likely N-dealkylation sites (N-methyl/N-ethyl adjacent to an activating group) is 1. The zero-order valence-corrected chi connectivity index (χ0v) is 29.1. The first-order valence-electron chi connectivity index (χ1n) is 16.3. The number of benzene rings is 2. The molecular weight excluding hydrogens is 693 g/mol. The summed E-state index contributed by atoms with van der Waals surface area (Å²) in [6, 6.07) is 3.43. The molecule has 16 heteroatoms. The number of amides is 1.